The minimum atomic E-state index is -0.0638. The third kappa shape index (κ3) is 4.76. The summed E-state index contributed by atoms with van der Waals surface area (Å²) in [7, 11) is 3.18. The van der Waals surface area contributed by atoms with E-state index < -0.39 is 0 Å². The van der Waals surface area contributed by atoms with Crippen LogP contribution in [0.5, 0.6) is 17.4 Å². The van der Waals surface area contributed by atoms with Crippen molar-refractivity contribution in [3.8, 4) is 28.8 Å². The minimum absolute atomic E-state index is 0.0638. The third-order valence-corrected chi connectivity index (χ3v) is 5.79. The van der Waals surface area contributed by atoms with Crippen LogP contribution in [0.2, 0.25) is 0 Å². The number of aromatic nitrogens is 4. The zero-order chi connectivity index (χ0) is 24.9. The molecule has 2 heterocycles. The Morgan fingerprint density at radius 3 is 2.67 bits per heavy atom. The van der Waals surface area contributed by atoms with Crippen molar-refractivity contribution in [1.29, 1.82) is 0 Å². The molecule has 0 aliphatic heterocycles. The van der Waals surface area contributed by atoms with Crippen LogP contribution in [-0.2, 0) is 11.2 Å². The number of ether oxygens (including phenoxy) is 3. The number of methoxy groups -OCH3 is 2. The fourth-order valence-electron chi connectivity index (χ4n) is 4.03. The maximum atomic E-state index is 12.5. The van der Waals surface area contributed by atoms with Gasteiger partial charge in [-0.1, -0.05) is 42.5 Å². The van der Waals surface area contributed by atoms with E-state index in [2.05, 4.69) is 20.6 Å². The van der Waals surface area contributed by atoms with Crippen LogP contribution >= 0.6 is 0 Å². The second-order valence-corrected chi connectivity index (χ2v) is 8.04. The predicted octanol–water partition coefficient (Wildman–Crippen LogP) is 3.70. The Hall–Kier alpha value is -4.66. The van der Waals surface area contributed by atoms with E-state index in [4.69, 9.17) is 14.2 Å². The van der Waals surface area contributed by atoms with Crippen LogP contribution in [0.1, 0.15) is 5.56 Å². The van der Waals surface area contributed by atoms with Crippen molar-refractivity contribution >= 4 is 22.3 Å². The Bertz CT molecular complexity index is 1530. The molecule has 1 N–H and O–H groups in total. The van der Waals surface area contributed by atoms with Gasteiger partial charge in [-0.25, -0.2) is 0 Å². The van der Waals surface area contributed by atoms with Gasteiger partial charge in [-0.3, -0.25) is 4.79 Å². The van der Waals surface area contributed by atoms with E-state index in [-0.39, 0.29) is 12.5 Å². The number of nitrogens with one attached hydrogen (secondary N) is 1. The Balaban J connectivity index is 1.23. The average molecular weight is 484 g/mol. The standard InChI is InChI=1S/C27H25N5O4/c1-34-20-10-11-22(23(17-20)35-2)27-30-29-24-12-13-26(31-32(24)27)36-15-14-28-25(33)16-19-8-5-7-18-6-3-4-9-21(18)19/h3-13,17H,14-16H2,1-2H3,(H,28,33). The van der Waals surface area contributed by atoms with E-state index in [9.17, 15) is 4.79 Å². The summed E-state index contributed by atoms with van der Waals surface area (Å²) in [5.74, 6) is 2.10. The highest BCUT2D eigenvalue weighted by Crippen LogP contribution is 2.32. The smallest absolute Gasteiger partial charge is 0.231 e. The first kappa shape index (κ1) is 23.1. The van der Waals surface area contributed by atoms with E-state index in [1.54, 1.807) is 36.9 Å². The van der Waals surface area contributed by atoms with E-state index in [1.807, 2.05) is 54.6 Å². The molecule has 0 spiro atoms. The molecule has 0 bridgehead atoms. The summed E-state index contributed by atoms with van der Waals surface area (Å²) < 4.78 is 18.2. The van der Waals surface area contributed by atoms with Gasteiger partial charge in [-0.05, 0) is 34.5 Å². The van der Waals surface area contributed by atoms with E-state index in [0.717, 1.165) is 21.9 Å². The van der Waals surface area contributed by atoms with Gasteiger partial charge in [0, 0.05) is 12.1 Å². The zero-order valence-electron chi connectivity index (χ0n) is 20.0. The molecule has 0 aliphatic rings. The molecular formula is C27H25N5O4. The lowest BCUT2D eigenvalue weighted by atomic mass is 10.0. The van der Waals surface area contributed by atoms with Crippen LogP contribution in [0, 0.1) is 0 Å². The van der Waals surface area contributed by atoms with E-state index in [1.165, 1.54) is 0 Å². The van der Waals surface area contributed by atoms with Crippen molar-refractivity contribution in [3.05, 3.63) is 78.4 Å². The van der Waals surface area contributed by atoms with Gasteiger partial charge in [0.2, 0.25) is 11.8 Å². The Morgan fingerprint density at radius 1 is 0.944 bits per heavy atom. The van der Waals surface area contributed by atoms with Gasteiger partial charge in [0.1, 0.15) is 18.1 Å². The average Bonchev–Trinajstić information content (AvgIpc) is 3.34. The fraction of sp³-hybridized carbons (Fsp3) is 0.185. The van der Waals surface area contributed by atoms with Crippen molar-refractivity contribution in [3.63, 3.8) is 0 Å². The van der Waals surface area contributed by atoms with Crippen LogP contribution < -0.4 is 19.5 Å². The molecule has 0 fully saturated rings. The highest BCUT2D eigenvalue weighted by molar-refractivity contribution is 5.90. The second kappa shape index (κ2) is 10.3. The quantitative estimate of drug-likeness (QED) is 0.319. The molecule has 5 aromatic rings. The van der Waals surface area contributed by atoms with E-state index >= 15 is 0 Å². The number of amides is 1. The van der Waals surface area contributed by atoms with Crippen LogP contribution in [-0.4, -0.2) is 53.1 Å². The van der Waals surface area contributed by atoms with Gasteiger partial charge in [-0.15, -0.1) is 15.3 Å². The third-order valence-electron chi connectivity index (χ3n) is 5.79. The number of rotatable bonds is 9. The van der Waals surface area contributed by atoms with Crippen molar-refractivity contribution in [1.82, 2.24) is 25.1 Å². The molecule has 182 valence electrons. The maximum absolute atomic E-state index is 12.5. The SMILES string of the molecule is COc1ccc(-c2nnc3ccc(OCCNC(=O)Cc4cccc5ccccc45)nn23)c(OC)c1. The summed E-state index contributed by atoms with van der Waals surface area (Å²) in [6, 6.07) is 23.0. The lowest BCUT2D eigenvalue weighted by molar-refractivity contribution is -0.120. The summed E-state index contributed by atoms with van der Waals surface area (Å²) in [6.07, 6.45) is 0.305. The molecule has 5 rings (SSSR count). The van der Waals surface area contributed by atoms with Crippen molar-refractivity contribution in [2.45, 2.75) is 6.42 Å². The number of hydrogen-bond donors (Lipinski definition) is 1. The molecular weight excluding hydrogens is 458 g/mol. The lowest BCUT2D eigenvalue weighted by Gasteiger charge is -2.10. The number of hydrogen-bond acceptors (Lipinski definition) is 7. The maximum Gasteiger partial charge on any atom is 0.231 e. The monoisotopic (exact) mass is 483 g/mol. The topological polar surface area (TPSA) is 99.9 Å². The van der Waals surface area contributed by atoms with Crippen LogP contribution in [0.15, 0.2) is 72.8 Å². The summed E-state index contributed by atoms with van der Waals surface area (Å²) in [5.41, 5.74) is 2.28. The van der Waals surface area contributed by atoms with E-state index in [0.29, 0.717) is 41.8 Å². The number of carbonyl (C=O) groups is 1. The Morgan fingerprint density at radius 2 is 1.81 bits per heavy atom. The van der Waals surface area contributed by atoms with Gasteiger partial charge in [0.25, 0.3) is 0 Å². The van der Waals surface area contributed by atoms with Gasteiger partial charge >= 0.3 is 0 Å². The first-order valence-corrected chi connectivity index (χ1v) is 11.5. The largest absolute Gasteiger partial charge is 0.497 e. The predicted molar refractivity (Wildman–Crippen MR) is 135 cm³/mol. The second-order valence-electron chi connectivity index (χ2n) is 8.04. The summed E-state index contributed by atoms with van der Waals surface area (Å²) in [6.45, 7) is 0.619. The molecule has 0 saturated carbocycles. The molecule has 36 heavy (non-hydrogen) atoms. The normalized spacial score (nSPS) is 10.9. The highest BCUT2D eigenvalue weighted by atomic mass is 16.5. The lowest BCUT2D eigenvalue weighted by Crippen LogP contribution is -2.29. The molecule has 0 radical (unpaired) electrons. The summed E-state index contributed by atoms with van der Waals surface area (Å²) in [5, 5.41) is 18.1. The number of nitrogens with zero attached hydrogens (tertiary/aromatic N) is 4. The van der Waals surface area contributed by atoms with Crippen LogP contribution in [0.3, 0.4) is 0 Å². The molecule has 0 saturated heterocycles. The van der Waals surface area contributed by atoms with Crippen LogP contribution in [0.25, 0.3) is 27.8 Å². The molecule has 0 unspecified atom stereocenters. The van der Waals surface area contributed by atoms with Gasteiger partial charge in [-0.2, -0.15) is 4.52 Å². The van der Waals surface area contributed by atoms with Gasteiger partial charge in [0.15, 0.2) is 11.5 Å². The highest BCUT2D eigenvalue weighted by Gasteiger charge is 2.16. The molecule has 9 nitrogen and oxygen atoms in total. The molecule has 1 amide bonds. The molecule has 0 atom stereocenters. The minimum Gasteiger partial charge on any atom is -0.497 e. The van der Waals surface area contributed by atoms with Gasteiger partial charge in [0.05, 0.1) is 32.7 Å². The van der Waals surface area contributed by atoms with Crippen molar-refractivity contribution < 1.29 is 19.0 Å². The molecule has 3 aromatic carbocycles. The molecule has 9 heteroatoms. The zero-order valence-corrected chi connectivity index (χ0v) is 20.0. The first-order valence-electron chi connectivity index (χ1n) is 11.5. The Labute approximate surface area is 207 Å². The summed E-state index contributed by atoms with van der Waals surface area (Å²) >= 11 is 0. The molecule has 0 aliphatic carbocycles. The number of fused-ring (bicyclic) bond motifs is 2. The number of carbonyl (C=O) groups excluding carboxylic acids is 1. The van der Waals surface area contributed by atoms with Crippen molar-refractivity contribution in [2.24, 2.45) is 0 Å². The summed E-state index contributed by atoms with van der Waals surface area (Å²) in [4.78, 5) is 12.5. The Kier molecular flexibility index (Phi) is 6.61. The molecule has 2 aromatic heterocycles. The van der Waals surface area contributed by atoms with Gasteiger partial charge < -0.3 is 19.5 Å². The van der Waals surface area contributed by atoms with Crippen molar-refractivity contribution in [2.75, 3.05) is 27.4 Å². The van der Waals surface area contributed by atoms with Crippen LogP contribution in [0.4, 0.5) is 0 Å². The fourth-order valence-corrected chi connectivity index (χ4v) is 4.03. The number of benzene rings is 3. The first-order chi connectivity index (χ1) is 17.7.